The van der Waals surface area contributed by atoms with Crippen molar-refractivity contribution in [3.8, 4) is 0 Å². The number of hydrogen-bond donors (Lipinski definition) is 5. The molecule has 1 saturated heterocycles. The molecular weight excluding hydrogens is 414 g/mol. The molecule has 0 aromatic carbocycles. The molecule has 1 heterocycles. The molecule has 1 aliphatic heterocycles. The highest BCUT2D eigenvalue weighted by Crippen LogP contribution is 2.30. The lowest BCUT2D eigenvalue weighted by Gasteiger charge is -2.39. The van der Waals surface area contributed by atoms with Gasteiger partial charge in [-0.1, -0.05) is 23.0 Å². The van der Waals surface area contributed by atoms with Gasteiger partial charge in [0.25, 0.3) is 0 Å². The Labute approximate surface area is 157 Å². The van der Waals surface area contributed by atoms with Crippen LogP contribution in [-0.4, -0.2) is 85.4 Å². The lowest BCUT2D eigenvalue weighted by molar-refractivity contribution is -0.205. The number of ether oxygens (including phenoxy) is 1. The average Bonchev–Trinajstić information content (AvgIpc) is 2.55. The zero-order chi connectivity index (χ0) is 19.9. The van der Waals surface area contributed by atoms with Crippen molar-refractivity contribution in [2.24, 2.45) is 5.16 Å². The van der Waals surface area contributed by atoms with Crippen molar-refractivity contribution in [1.29, 1.82) is 0 Å². The Kier molecular flexibility index (Phi) is 9.63. The van der Waals surface area contributed by atoms with Gasteiger partial charge in [-0.3, -0.25) is 8.76 Å². The zero-order valence-electron chi connectivity index (χ0n) is 13.6. The third-order valence-corrected chi connectivity index (χ3v) is 5.16. The number of allylic oxidation sites excluding steroid dienone is 1. The van der Waals surface area contributed by atoms with E-state index in [9.17, 15) is 27.9 Å². The molecule has 0 aromatic rings. The van der Waals surface area contributed by atoms with E-state index in [-0.39, 0.29) is 17.9 Å². The molecule has 6 atom stereocenters. The van der Waals surface area contributed by atoms with Gasteiger partial charge < -0.3 is 25.2 Å². The number of thioether (sulfide) groups is 1. The summed E-state index contributed by atoms with van der Waals surface area (Å²) in [6, 6.07) is 0. The summed E-state index contributed by atoms with van der Waals surface area (Å²) in [5, 5.41) is 43.3. The fourth-order valence-corrected chi connectivity index (χ4v) is 3.65. The van der Waals surface area contributed by atoms with E-state index in [0.717, 1.165) is 0 Å². The molecule has 0 aromatic heterocycles. The molecule has 14 heteroatoms. The molecule has 5 N–H and O–H groups in total. The number of oxime groups is 1. The summed E-state index contributed by atoms with van der Waals surface area (Å²) in [7, 11) is -6.03. The van der Waals surface area contributed by atoms with Gasteiger partial charge in [0.1, 0.15) is 34.9 Å². The largest absolute Gasteiger partial charge is 0.466 e. The quantitative estimate of drug-likeness (QED) is 0.127. The van der Waals surface area contributed by atoms with Crippen molar-refractivity contribution >= 4 is 38.0 Å². The van der Waals surface area contributed by atoms with E-state index in [1.54, 1.807) is 6.08 Å². The summed E-state index contributed by atoms with van der Waals surface area (Å²) < 4.78 is 50.2. The predicted octanol–water partition coefficient (Wildman–Crippen LogP) is -1.68. The highest BCUT2D eigenvalue weighted by molar-refractivity contribution is 8.14. The van der Waals surface area contributed by atoms with Crippen LogP contribution in [-0.2, 0) is 30.2 Å². The van der Waals surface area contributed by atoms with Gasteiger partial charge in [0.05, 0.1) is 6.61 Å². The first-order valence-corrected chi connectivity index (χ1v) is 11.1. The molecule has 0 amide bonds. The van der Waals surface area contributed by atoms with Crippen LogP contribution in [0.25, 0.3) is 0 Å². The van der Waals surface area contributed by atoms with Gasteiger partial charge in [0.2, 0.25) is 0 Å². The molecule has 0 spiro atoms. The van der Waals surface area contributed by atoms with Crippen LogP contribution >= 0.6 is 11.8 Å². The van der Waals surface area contributed by atoms with Crippen LogP contribution in [0.15, 0.2) is 16.6 Å². The summed E-state index contributed by atoms with van der Waals surface area (Å²) in [5.41, 5.74) is -1.20. The molecular formula is C12H21NO10S3. The van der Waals surface area contributed by atoms with Crippen LogP contribution < -0.4 is 0 Å². The topological polar surface area (TPSA) is 183 Å². The number of hydrogen-bond acceptors (Lipinski definition) is 11. The van der Waals surface area contributed by atoms with Crippen LogP contribution in [0.4, 0.5) is 0 Å². The SMILES string of the molecule is C[S@](=O)/C=C/CC/C(=N/OS(=O)(=O)O)S[C@H]1O[C@H](CO)[C@H](O)[C@H](O)[C@H]1O. The predicted molar refractivity (Wildman–Crippen MR) is 93.9 cm³/mol. The Morgan fingerprint density at radius 2 is 1.96 bits per heavy atom. The maximum atomic E-state index is 11.0. The zero-order valence-corrected chi connectivity index (χ0v) is 16.1. The molecule has 1 rings (SSSR count). The number of aliphatic hydroxyl groups is 4. The molecule has 1 fully saturated rings. The Bertz CT molecular complexity index is 635. The van der Waals surface area contributed by atoms with Gasteiger partial charge in [0, 0.05) is 23.5 Å². The Balaban J connectivity index is 2.87. The maximum Gasteiger partial charge on any atom is 0.466 e. The van der Waals surface area contributed by atoms with Crippen LogP contribution in [0.5, 0.6) is 0 Å². The molecule has 0 aliphatic carbocycles. The van der Waals surface area contributed by atoms with Gasteiger partial charge in [-0.05, 0) is 11.8 Å². The fourth-order valence-electron chi connectivity index (χ4n) is 1.92. The second-order valence-corrected chi connectivity index (χ2v) is 8.66. The summed E-state index contributed by atoms with van der Waals surface area (Å²) >= 11 is 0.683. The summed E-state index contributed by atoms with van der Waals surface area (Å²) in [4.78, 5) is 0. The lowest BCUT2D eigenvalue weighted by Crippen LogP contribution is -2.57. The van der Waals surface area contributed by atoms with Crippen LogP contribution in [0.2, 0.25) is 0 Å². The Morgan fingerprint density at radius 1 is 1.31 bits per heavy atom. The first-order valence-electron chi connectivity index (χ1n) is 7.24. The molecule has 0 radical (unpaired) electrons. The van der Waals surface area contributed by atoms with Gasteiger partial charge in [-0.2, -0.15) is 8.42 Å². The first kappa shape index (κ1) is 23.5. The standard InChI is InChI=1S/C12H21NO10S3/c1-25(18)5-3-2-4-8(13-23-26(19,20)21)24-12-11(17)10(16)9(15)7(6-14)22-12/h3,5,7,9-12,14-17H,2,4,6H2,1H3,(H,19,20,21)/b5-3+,13-8-/t7-,9+,10+,11-,12-,25+/m1/s1. The van der Waals surface area contributed by atoms with E-state index in [1.807, 2.05) is 0 Å². The highest BCUT2D eigenvalue weighted by Gasteiger charge is 2.44. The monoisotopic (exact) mass is 435 g/mol. The average molecular weight is 435 g/mol. The Hall–Kier alpha value is -0.580. The van der Waals surface area contributed by atoms with E-state index >= 15 is 0 Å². The van der Waals surface area contributed by atoms with Crippen molar-refractivity contribution < 1.29 is 46.6 Å². The lowest BCUT2D eigenvalue weighted by atomic mass is 10.0. The Morgan fingerprint density at radius 3 is 2.50 bits per heavy atom. The molecule has 152 valence electrons. The summed E-state index contributed by atoms with van der Waals surface area (Å²) in [5.74, 6) is 0. The second-order valence-electron chi connectivity index (χ2n) is 5.21. The molecule has 11 nitrogen and oxygen atoms in total. The van der Waals surface area contributed by atoms with Crippen molar-refractivity contribution in [1.82, 2.24) is 0 Å². The minimum absolute atomic E-state index is 0.0292. The van der Waals surface area contributed by atoms with Gasteiger partial charge >= 0.3 is 10.4 Å². The van der Waals surface area contributed by atoms with E-state index in [0.29, 0.717) is 11.8 Å². The smallest absolute Gasteiger partial charge is 0.394 e. The highest BCUT2D eigenvalue weighted by atomic mass is 32.3. The van der Waals surface area contributed by atoms with Crippen molar-refractivity contribution in [3.05, 3.63) is 11.5 Å². The van der Waals surface area contributed by atoms with Crippen LogP contribution in [0, 0.1) is 0 Å². The normalized spacial score (nSPS) is 31.9. The summed E-state index contributed by atoms with van der Waals surface area (Å²) in [6.45, 7) is -0.624. The van der Waals surface area contributed by atoms with E-state index < -0.39 is 57.7 Å². The van der Waals surface area contributed by atoms with E-state index in [4.69, 9.17) is 14.4 Å². The van der Waals surface area contributed by atoms with Crippen molar-refractivity contribution in [3.63, 3.8) is 0 Å². The summed E-state index contributed by atoms with van der Waals surface area (Å²) in [6.07, 6.45) is -2.50. The molecule has 0 bridgehead atoms. The second kappa shape index (κ2) is 10.7. The fraction of sp³-hybridized carbons (Fsp3) is 0.750. The number of rotatable bonds is 8. The molecule has 1 aliphatic rings. The molecule has 0 unspecified atom stereocenters. The molecule has 0 saturated carbocycles. The third kappa shape index (κ3) is 7.98. The van der Waals surface area contributed by atoms with Crippen molar-refractivity contribution in [2.45, 2.75) is 42.7 Å². The molecule has 26 heavy (non-hydrogen) atoms. The van der Waals surface area contributed by atoms with Crippen LogP contribution in [0.1, 0.15) is 12.8 Å². The van der Waals surface area contributed by atoms with Crippen molar-refractivity contribution in [2.75, 3.05) is 12.9 Å². The van der Waals surface area contributed by atoms with Gasteiger partial charge in [-0.25, -0.2) is 4.28 Å². The first-order chi connectivity index (χ1) is 12.0. The minimum atomic E-state index is -4.85. The number of aliphatic hydroxyl groups excluding tert-OH is 4. The van der Waals surface area contributed by atoms with E-state index in [1.165, 1.54) is 11.7 Å². The van der Waals surface area contributed by atoms with Crippen LogP contribution in [0.3, 0.4) is 0 Å². The third-order valence-electron chi connectivity index (χ3n) is 3.15. The maximum absolute atomic E-state index is 11.0. The van der Waals surface area contributed by atoms with Gasteiger partial charge in [0.15, 0.2) is 0 Å². The van der Waals surface area contributed by atoms with E-state index in [2.05, 4.69) is 9.44 Å². The number of nitrogens with zero attached hydrogens (tertiary/aromatic N) is 1. The van der Waals surface area contributed by atoms with Gasteiger partial charge in [-0.15, -0.1) is 0 Å². The minimum Gasteiger partial charge on any atom is -0.394 e.